The summed E-state index contributed by atoms with van der Waals surface area (Å²) in [4.78, 5) is 1.28. The van der Waals surface area contributed by atoms with Gasteiger partial charge < -0.3 is 15.2 Å². The van der Waals surface area contributed by atoms with E-state index in [4.69, 9.17) is 4.74 Å². The first-order valence-corrected chi connectivity index (χ1v) is 8.23. The Balaban J connectivity index is 1.73. The Kier molecular flexibility index (Phi) is 6.23. The minimum atomic E-state index is -0.516. The van der Waals surface area contributed by atoms with Gasteiger partial charge in [0, 0.05) is 17.5 Å². The smallest absolute Gasteiger partial charge is 0.119 e. The lowest BCUT2D eigenvalue weighted by Gasteiger charge is -2.17. The zero-order valence-corrected chi connectivity index (χ0v) is 13.4. The summed E-state index contributed by atoms with van der Waals surface area (Å²) in [6, 6.07) is 12.4. The van der Waals surface area contributed by atoms with E-state index in [-0.39, 0.29) is 6.04 Å². The number of hydrogen-bond acceptors (Lipinski definition) is 4. The summed E-state index contributed by atoms with van der Waals surface area (Å²) in [6.45, 7) is 5.04. The Morgan fingerprint density at radius 3 is 2.86 bits per heavy atom. The molecule has 0 aliphatic carbocycles. The zero-order chi connectivity index (χ0) is 15.1. The predicted octanol–water partition coefficient (Wildman–Crippen LogP) is 3.40. The summed E-state index contributed by atoms with van der Waals surface area (Å²) in [5.74, 6) is 0.819. The van der Waals surface area contributed by atoms with Gasteiger partial charge in [0.05, 0.1) is 0 Å². The molecule has 2 rings (SSSR count). The molecule has 0 bridgehead atoms. The first kappa shape index (κ1) is 16.0. The third-order valence-electron chi connectivity index (χ3n) is 3.38. The van der Waals surface area contributed by atoms with Gasteiger partial charge in [0.1, 0.15) is 18.5 Å². The van der Waals surface area contributed by atoms with Crippen LogP contribution in [0.1, 0.15) is 30.3 Å². The molecule has 1 aromatic carbocycles. The second kappa shape index (κ2) is 8.17. The van der Waals surface area contributed by atoms with Gasteiger partial charge in [0.25, 0.3) is 0 Å². The molecule has 2 N–H and O–H groups in total. The summed E-state index contributed by atoms with van der Waals surface area (Å²) in [7, 11) is 0. The SMILES string of the molecule is CCc1cccc(OCC(O)CN[C@H](C)c2cccs2)c1. The van der Waals surface area contributed by atoms with E-state index in [9.17, 15) is 5.11 Å². The Hall–Kier alpha value is -1.36. The minimum absolute atomic E-state index is 0.253. The predicted molar refractivity (Wildman–Crippen MR) is 88.1 cm³/mol. The van der Waals surface area contributed by atoms with Gasteiger partial charge in [-0.3, -0.25) is 0 Å². The molecule has 21 heavy (non-hydrogen) atoms. The minimum Gasteiger partial charge on any atom is -0.491 e. The number of nitrogens with one attached hydrogen (secondary N) is 1. The molecule has 1 unspecified atom stereocenters. The van der Waals surface area contributed by atoms with Gasteiger partial charge in [0.15, 0.2) is 0 Å². The highest BCUT2D eigenvalue weighted by Gasteiger charge is 2.10. The molecule has 0 saturated heterocycles. The fourth-order valence-corrected chi connectivity index (χ4v) is 2.82. The molecule has 0 saturated carbocycles. The van der Waals surface area contributed by atoms with Crippen LogP contribution in [0.25, 0.3) is 0 Å². The van der Waals surface area contributed by atoms with Gasteiger partial charge in [-0.05, 0) is 42.5 Å². The van der Waals surface area contributed by atoms with Crippen LogP contribution in [0, 0.1) is 0 Å². The van der Waals surface area contributed by atoms with Crippen LogP contribution in [0.3, 0.4) is 0 Å². The van der Waals surface area contributed by atoms with Crippen LogP contribution in [0.2, 0.25) is 0 Å². The third-order valence-corrected chi connectivity index (χ3v) is 4.43. The fraction of sp³-hybridized carbons (Fsp3) is 0.412. The van der Waals surface area contributed by atoms with Crippen LogP contribution in [0.5, 0.6) is 5.75 Å². The van der Waals surface area contributed by atoms with E-state index in [1.807, 2.05) is 24.3 Å². The fourth-order valence-electron chi connectivity index (χ4n) is 2.06. The Bertz CT molecular complexity index is 527. The number of ether oxygens (including phenoxy) is 1. The molecule has 2 aromatic rings. The average molecular weight is 305 g/mol. The molecular weight excluding hydrogens is 282 g/mol. The van der Waals surface area contributed by atoms with Crippen molar-refractivity contribution in [3.8, 4) is 5.75 Å². The highest BCUT2D eigenvalue weighted by molar-refractivity contribution is 7.10. The number of aliphatic hydroxyl groups is 1. The molecule has 1 heterocycles. The van der Waals surface area contributed by atoms with Crippen molar-refractivity contribution in [2.45, 2.75) is 32.4 Å². The molecular formula is C17H23NO2S. The molecule has 0 spiro atoms. The summed E-state index contributed by atoms with van der Waals surface area (Å²) < 4.78 is 5.65. The number of aliphatic hydroxyl groups excluding tert-OH is 1. The van der Waals surface area contributed by atoms with Crippen LogP contribution >= 0.6 is 11.3 Å². The topological polar surface area (TPSA) is 41.5 Å². The first-order chi connectivity index (χ1) is 10.2. The molecule has 4 heteroatoms. The number of rotatable bonds is 8. The second-order valence-electron chi connectivity index (χ2n) is 5.11. The van der Waals surface area contributed by atoms with Crippen LogP contribution < -0.4 is 10.1 Å². The van der Waals surface area contributed by atoms with Crippen molar-refractivity contribution in [1.29, 1.82) is 0 Å². The largest absolute Gasteiger partial charge is 0.491 e. The van der Waals surface area contributed by atoms with Gasteiger partial charge in [-0.2, -0.15) is 0 Å². The molecule has 0 aliphatic rings. The Labute approximate surface area is 130 Å². The van der Waals surface area contributed by atoms with Crippen molar-refractivity contribution in [1.82, 2.24) is 5.32 Å². The van der Waals surface area contributed by atoms with E-state index in [2.05, 4.69) is 36.7 Å². The van der Waals surface area contributed by atoms with Crippen LogP contribution in [0.15, 0.2) is 41.8 Å². The highest BCUT2D eigenvalue weighted by atomic mass is 32.1. The van der Waals surface area contributed by atoms with Crippen LogP contribution in [-0.2, 0) is 6.42 Å². The van der Waals surface area contributed by atoms with E-state index in [0.717, 1.165) is 12.2 Å². The van der Waals surface area contributed by atoms with E-state index in [1.165, 1.54) is 10.4 Å². The van der Waals surface area contributed by atoms with Crippen molar-refractivity contribution in [2.24, 2.45) is 0 Å². The molecule has 0 radical (unpaired) electrons. The van der Waals surface area contributed by atoms with Gasteiger partial charge in [0.2, 0.25) is 0 Å². The number of hydrogen-bond donors (Lipinski definition) is 2. The summed E-state index contributed by atoms with van der Waals surface area (Å²) in [6.07, 6.45) is 0.470. The van der Waals surface area contributed by atoms with Gasteiger partial charge in [-0.25, -0.2) is 0 Å². The Morgan fingerprint density at radius 1 is 1.29 bits per heavy atom. The lowest BCUT2D eigenvalue weighted by atomic mass is 10.2. The van der Waals surface area contributed by atoms with Gasteiger partial charge in [-0.15, -0.1) is 11.3 Å². The molecule has 1 aromatic heterocycles. The van der Waals surface area contributed by atoms with Crippen molar-refractivity contribution >= 4 is 11.3 Å². The van der Waals surface area contributed by atoms with Crippen molar-refractivity contribution in [2.75, 3.05) is 13.2 Å². The highest BCUT2D eigenvalue weighted by Crippen LogP contribution is 2.18. The summed E-state index contributed by atoms with van der Waals surface area (Å²) in [5.41, 5.74) is 1.24. The van der Waals surface area contributed by atoms with Crippen LogP contribution in [-0.4, -0.2) is 24.4 Å². The van der Waals surface area contributed by atoms with Crippen molar-refractivity contribution in [3.63, 3.8) is 0 Å². The summed E-state index contributed by atoms with van der Waals surface area (Å²) in [5, 5.41) is 15.4. The molecule has 114 valence electrons. The Morgan fingerprint density at radius 2 is 2.14 bits per heavy atom. The molecule has 2 atom stereocenters. The molecule has 3 nitrogen and oxygen atoms in total. The van der Waals surface area contributed by atoms with E-state index in [1.54, 1.807) is 11.3 Å². The van der Waals surface area contributed by atoms with E-state index < -0.39 is 6.10 Å². The third kappa shape index (κ3) is 5.16. The van der Waals surface area contributed by atoms with E-state index >= 15 is 0 Å². The maximum Gasteiger partial charge on any atom is 0.119 e. The summed E-state index contributed by atoms with van der Waals surface area (Å²) >= 11 is 1.72. The first-order valence-electron chi connectivity index (χ1n) is 7.35. The number of benzene rings is 1. The number of thiophene rings is 1. The lowest BCUT2D eigenvalue weighted by Crippen LogP contribution is -2.32. The van der Waals surface area contributed by atoms with Gasteiger partial charge >= 0.3 is 0 Å². The van der Waals surface area contributed by atoms with Crippen LogP contribution in [0.4, 0.5) is 0 Å². The standard InChI is InChI=1S/C17H23NO2S/c1-3-14-6-4-7-16(10-14)20-12-15(19)11-18-13(2)17-8-5-9-21-17/h4-10,13,15,18-19H,3,11-12H2,1-2H3/t13-,15?/m1/s1. The average Bonchev–Trinajstić information content (AvgIpc) is 3.05. The van der Waals surface area contributed by atoms with Crippen molar-refractivity contribution in [3.05, 3.63) is 52.2 Å². The second-order valence-corrected chi connectivity index (χ2v) is 6.09. The van der Waals surface area contributed by atoms with Crippen molar-refractivity contribution < 1.29 is 9.84 Å². The number of aryl methyl sites for hydroxylation is 1. The molecule has 0 aliphatic heterocycles. The van der Waals surface area contributed by atoms with E-state index in [0.29, 0.717) is 13.2 Å². The molecule has 0 fully saturated rings. The van der Waals surface area contributed by atoms with Gasteiger partial charge in [-0.1, -0.05) is 25.1 Å². The normalized spacial score (nSPS) is 13.9. The monoisotopic (exact) mass is 305 g/mol. The maximum absolute atomic E-state index is 10.00. The maximum atomic E-state index is 10.00. The quantitative estimate of drug-likeness (QED) is 0.785. The molecule has 0 amide bonds. The lowest BCUT2D eigenvalue weighted by molar-refractivity contribution is 0.104. The zero-order valence-electron chi connectivity index (χ0n) is 12.6.